The fourth-order valence-corrected chi connectivity index (χ4v) is 9.33. The molecule has 10 atom stereocenters. The van der Waals surface area contributed by atoms with Crippen LogP contribution in [0, 0.1) is 45.8 Å². The van der Waals surface area contributed by atoms with Gasteiger partial charge < -0.3 is 15.3 Å². The minimum Gasteiger partial charge on any atom is -0.393 e. The molecule has 0 aromatic carbocycles. The summed E-state index contributed by atoms with van der Waals surface area (Å²) in [6.45, 7) is 13.0. The third-order valence-electron chi connectivity index (χ3n) is 11.4. The normalized spacial score (nSPS) is 49.8. The van der Waals surface area contributed by atoms with E-state index in [9.17, 15) is 20.1 Å². The van der Waals surface area contributed by atoms with Crippen LogP contribution in [0.1, 0.15) is 106 Å². The first-order valence-corrected chi connectivity index (χ1v) is 13.3. The van der Waals surface area contributed by atoms with E-state index in [-0.39, 0.29) is 46.2 Å². The summed E-state index contributed by atoms with van der Waals surface area (Å²) in [5.74, 6) is 1.92. The van der Waals surface area contributed by atoms with Gasteiger partial charge in [0.2, 0.25) is 0 Å². The highest BCUT2D eigenvalue weighted by Gasteiger charge is 2.68. The lowest BCUT2D eigenvalue weighted by Gasteiger charge is -2.65. The minimum atomic E-state index is -0.621. The van der Waals surface area contributed by atoms with E-state index < -0.39 is 5.60 Å². The number of carbonyl (C=O) groups excluding carboxylic acids is 1. The molecule has 4 aliphatic rings. The number of Topliss-reactive ketones (excluding diaryl/α,β-unsaturated/α-hetero) is 1. The van der Waals surface area contributed by atoms with Gasteiger partial charge in [0.15, 0.2) is 0 Å². The van der Waals surface area contributed by atoms with Crippen LogP contribution >= 0.6 is 0 Å². The Balaban J connectivity index is 1.58. The molecule has 0 bridgehead atoms. The van der Waals surface area contributed by atoms with Crippen molar-refractivity contribution in [2.75, 3.05) is 0 Å². The average Bonchev–Trinajstić information content (AvgIpc) is 3.01. The predicted molar refractivity (Wildman–Crippen MR) is 127 cm³/mol. The minimum absolute atomic E-state index is 0.0174. The molecule has 0 saturated heterocycles. The van der Waals surface area contributed by atoms with Crippen molar-refractivity contribution in [3.8, 4) is 0 Å². The molecule has 4 heteroatoms. The van der Waals surface area contributed by atoms with Crippen molar-refractivity contribution < 1.29 is 20.1 Å². The number of aliphatic hydroxyl groups is 3. The first-order valence-electron chi connectivity index (χ1n) is 13.3. The monoisotopic (exact) mass is 448 g/mol. The fourth-order valence-electron chi connectivity index (χ4n) is 9.33. The Kier molecular flexibility index (Phi) is 6.21. The van der Waals surface area contributed by atoms with Crippen molar-refractivity contribution >= 4 is 5.78 Å². The number of aliphatic hydroxyl groups excluding tert-OH is 2. The van der Waals surface area contributed by atoms with Gasteiger partial charge in [0, 0.05) is 17.8 Å². The summed E-state index contributed by atoms with van der Waals surface area (Å²) in [4.78, 5) is 13.7. The standard InChI is InChI=1S/C28H48O4/c1-17(8-7-12-25(2,3)32)19-9-10-20-24-21(14-23(31)28(19,20)6)27(5)13-11-18(29)15-26(27,4)16-22(24)30/h17-21,23-24,29,31-32H,7-16H2,1-6H3/t17-,18-,19-,20+,21+,23+,24+,26+,27-,28-/m1/s1. The maximum absolute atomic E-state index is 13.7. The number of hydrogen-bond acceptors (Lipinski definition) is 4. The van der Waals surface area contributed by atoms with E-state index in [0.717, 1.165) is 57.8 Å². The second-order valence-corrected chi connectivity index (χ2v) is 13.7. The van der Waals surface area contributed by atoms with Gasteiger partial charge >= 0.3 is 0 Å². The molecule has 0 spiro atoms. The van der Waals surface area contributed by atoms with E-state index in [4.69, 9.17) is 0 Å². The van der Waals surface area contributed by atoms with E-state index >= 15 is 0 Å². The van der Waals surface area contributed by atoms with E-state index in [0.29, 0.717) is 24.0 Å². The van der Waals surface area contributed by atoms with Crippen LogP contribution in [0.25, 0.3) is 0 Å². The molecule has 0 radical (unpaired) electrons. The summed E-state index contributed by atoms with van der Waals surface area (Å²) < 4.78 is 0. The zero-order chi connectivity index (χ0) is 23.7. The van der Waals surface area contributed by atoms with Crippen LogP contribution in [0.5, 0.6) is 0 Å². The molecule has 4 nitrogen and oxygen atoms in total. The first kappa shape index (κ1) is 24.7. The van der Waals surface area contributed by atoms with Crippen molar-refractivity contribution in [3.05, 3.63) is 0 Å². The summed E-state index contributed by atoms with van der Waals surface area (Å²) in [5.41, 5.74) is -0.949. The molecular weight excluding hydrogens is 400 g/mol. The second kappa shape index (κ2) is 8.05. The van der Waals surface area contributed by atoms with Crippen LogP contribution in [0.2, 0.25) is 0 Å². The Morgan fingerprint density at radius 2 is 1.78 bits per heavy atom. The Morgan fingerprint density at radius 3 is 2.44 bits per heavy atom. The molecule has 0 unspecified atom stereocenters. The fraction of sp³-hybridized carbons (Fsp3) is 0.964. The number of carbonyl (C=O) groups is 1. The summed E-state index contributed by atoms with van der Waals surface area (Å²) in [6, 6.07) is 0. The quantitative estimate of drug-likeness (QED) is 0.545. The summed E-state index contributed by atoms with van der Waals surface area (Å²) >= 11 is 0. The summed E-state index contributed by atoms with van der Waals surface area (Å²) in [6.07, 6.45) is 8.20. The molecule has 4 aliphatic carbocycles. The van der Waals surface area contributed by atoms with Crippen LogP contribution in [0.4, 0.5) is 0 Å². The lowest BCUT2D eigenvalue weighted by molar-refractivity contribution is -0.201. The maximum atomic E-state index is 13.7. The molecule has 0 aliphatic heterocycles. The maximum Gasteiger partial charge on any atom is 0.137 e. The number of rotatable bonds is 5. The Labute approximate surface area is 195 Å². The Bertz CT molecular complexity index is 727. The SMILES string of the molecule is C[C@H](CCCC(C)(C)O)[C@H]1CC[C@H]2[C@@H]3C(=O)C[C@]4(C)C[C@H](O)CC[C@]4(C)[C@H]3C[C@H](O)[C@]12C. The van der Waals surface area contributed by atoms with Gasteiger partial charge in [0.05, 0.1) is 17.8 Å². The van der Waals surface area contributed by atoms with E-state index in [1.165, 1.54) is 0 Å². The molecule has 32 heavy (non-hydrogen) atoms. The molecule has 4 fully saturated rings. The highest BCUT2D eigenvalue weighted by Crippen LogP contribution is 2.70. The van der Waals surface area contributed by atoms with Crippen LogP contribution in [0.3, 0.4) is 0 Å². The zero-order valence-electron chi connectivity index (χ0n) is 21.4. The summed E-state index contributed by atoms with van der Waals surface area (Å²) in [5, 5.41) is 32.2. The summed E-state index contributed by atoms with van der Waals surface area (Å²) in [7, 11) is 0. The van der Waals surface area contributed by atoms with Gasteiger partial charge in [0.25, 0.3) is 0 Å². The van der Waals surface area contributed by atoms with E-state index in [1.807, 2.05) is 13.8 Å². The van der Waals surface area contributed by atoms with Crippen molar-refractivity contribution in [3.63, 3.8) is 0 Å². The zero-order valence-corrected chi connectivity index (χ0v) is 21.4. The highest BCUT2D eigenvalue weighted by molar-refractivity contribution is 5.84. The first-order chi connectivity index (χ1) is 14.7. The van der Waals surface area contributed by atoms with Crippen LogP contribution in [-0.4, -0.2) is 38.9 Å². The van der Waals surface area contributed by atoms with Gasteiger partial charge in [-0.1, -0.05) is 40.5 Å². The number of ketones is 1. The Hall–Kier alpha value is -0.450. The second-order valence-electron chi connectivity index (χ2n) is 13.7. The van der Waals surface area contributed by atoms with Gasteiger partial charge in [-0.25, -0.2) is 0 Å². The third-order valence-corrected chi connectivity index (χ3v) is 11.4. The number of fused-ring (bicyclic) bond motifs is 5. The predicted octanol–water partition coefficient (Wildman–Crippen LogP) is 5.12. The van der Waals surface area contributed by atoms with Crippen LogP contribution < -0.4 is 0 Å². The van der Waals surface area contributed by atoms with Crippen molar-refractivity contribution in [1.29, 1.82) is 0 Å². The van der Waals surface area contributed by atoms with Crippen molar-refractivity contribution in [1.82, 2.24) is 0 Å². The van der Waals surface area contributed by atoms with Gasteiger partial charge in [-0.3, -0.25) is 4.79 Å². The lowest BCUT2D eigenvalue weighted by atomic mass is 9.39. The molecule has 4 rings (SSSR count). The van der Waals surface area contributed by atoms with Gasteiger partial charge in [-0.2, -0.15) is 0 Å². The lowest BCUT2D eigenvalue weighted by Crippen LogP contribution is -2.64. The molecule has 4 saturated carbocycles. The van der Waals surface area contributed by atoms with Crippen LogP contribution in [0.15, 0.2) is 0 Å². The molecule has 0 aromatic heterocycles. The van der Waals surface area contributed by atoms with Gasteiger partial charge in [0.1, 0.15) is 5.78 Å². The van der Waals surface area contributed by atoms with Crippen molar-refractivity contribution in [2.45, 2.75) is 124 Å². The molecule has 0 heterocycles. The molecule has 3 N–H and O–H groups in total. The molecule has 0 aromatic rings. The average molecular weight is 449 g/mol. The Morgan fingerprint density at radius 1 is 1.09 bits per heavy atom. The molecule has 0 amide bonds. The van der Waals surface area contributed by atoms with E-state index in [1.54, 1.807) is 0 Å². The topological polar surface area (TPSA) is 77.8 Å². The largest absolute Gasteiger partial charge is 0.393 e. The molecular formula is C28H48O4. The third kappa shape index (κ3) is 3.71. The van der Waals surface area contributed by atoms with Crippen molar-refractivity contribution in [2.24, 2.45) is 45.8 Å². The number of hydrogen-bond donors (Lipinski definition) is 3. The van der Waals surface area contributed by atoms with Gasteiger partial charge in [-0.05, 0) is 93.3 Å². The van der Waals surface area contributed by atoms with E-state index in [2.05, 4.69) is 27.7 Å². The highest BCUT2D eigenvalue weighted by atomic mass is 16.3. The van der Waals surface area contributed by atoms with Gasteiger partial charge in [-0.15, -0.1) is 0 Å². The smallest absolute Gasteiger partial charge is 0.137 e. The molecule has 184 valence electrons. The van der Waals surface area contributed by atoms with Crippen LogP contribution in [-0.2, 0) is 4.79 Å².